The Bertz CT molecular complexity index is 1940. The molecule has 1 aromatic carbocycles. The highest BCUT2D eigenvalue weighted by Gasteiger charge is 2.28. The van der Waals surface area contributed by atoms with Gasteiger partial charge in [0.05, 0.1) is 40.8 Å². The lowest BCUT2D eigenvalue weighted by Crippen LogP contribution is -2.30. The number of benzene rings is 1. The molecule has 0 saturated heterocycles. The predicted molar refractivity (Wildman–Crippen MR) is 301 cm³/mol. The maximum Gasteiger partial charge on any atom is 0.146 e. The van der Waals surface area contributed by atoms with Gasteiger partial charge >= 0.3 is 0 Å². The molecule has 3 heterocycles. The summed E-state index contributed by atoms with van der Waals surface area (Å²) in [5.74, 6) is 2.81. The van der Waals surface area contributed by atoms with E-state index in [2.05, 4.69) is 130 Å². The largest absolute Gasteiger partial charge is 0.384 e. The number of fused-ring (bicyclic) bond motifs is 1. The molecule has 0 amide bonds. The Balaban J connectivity index is 0.00000134. The lowest BCUT2D eigenvalue weighted by molar-refractivity contribution is -0.118. The first-order valence-corrected chi connectivity index (χ1v) is 27.6. The van der Waals surface area contributed by atoms with E-state index in [-0.39, 0.29) is 17.3 Å². The minimum absolute atomic E-state index is 0.0243. The van der Waals surface area contributed by atoms with Crippen LogP contribution in [-0.4, -0.2) is 67.6 Å². The van der Waals surface area contributed by atoms with E-state index in [1.165, 1.54) is 118 Å². The molecule has 394 valence electrons. The van der Waals surface area contributed by atoms with Gasteiger partial charge in [0.2, 0.25) is 0 Å². The van der Waals surface area contributed by atoms with E-state index >= 15 is 0 Å². The van der Waals surface area contributed by atoms with Crippen LogP contribution in [0.15, 0.2) is 35.8 Å². The molecule has 5 atom stereocenters. The van der Waals surface area contributed by atoms with Gasteiger partial charge in [-0.1, -0.05) is 153 Å². The number of aryl methyl sites for hydroxylation is 2. The van der Waals surface area contributed by atoms with Crippen LogP contribution in [0.25, 0.3) is 33.4 Å². The molecule has 4 rings (SSSR count). The summed E-state index contributed by atoms with van der Waals surface area (Å²) in [6, 6.07) is 8.39. The number of pyridine rings is 1. The number of ketones is 1. The fraction of sp³-hybridized carbons (Fsp3) is 0.695. The third-order valence-corrected chi connectivity index (χ3v) is 14.2. The van der Waals surface area contributed by atoms with Gasteiger partial charge < -0.3 is 29.9 Å². The Morgan fingerprint density at radius 1 is 0.870 bits per heavy atom. The Labute approximate surface area is 427 Å². The number of unbranched alkanes of at least 4 members (excludes halogenated alkanes) is 3. The highest BCUT2D eigenvalue weighted by Crippen LogP contribution is 2.42. The van der Waals surface area contributed by atoms with Gasteiger partial charge in [-0.2, -0.15) is 0 Å². The smallest absolute Gasteiger partial charge is 0.146 e. The molecule has 0 aliphatic heterocycles. The number of ether oxygens (including phenoxy) is 2. The molecule has 9 nitrogen and oxygen atoms in total. The summed E-state index contributed by atoms with van der Waals surface area (Å²) in [7, 11) is 5.52. The third-order valence-electron chi connectivity index (χ3n) is 13.4. The van der Waals surface area contributed by atoms with Crippen molar-refractivity contribution in [1.29, 1.82) is 0 Å². The molecule has 0 spiro atoms. The van der Waals surface area contributed by atoms with Crippen LogP contribution >= 0.6 is 11.3 Å². The quantitative estimate of drug-likeness (QED) is 0.0567. The molecule has 0 aliphatic rings. The van der Waals surface area contributed by atoms with Crippen LogP contribution in [0.1, 0.15) is 202 Å². The first-order chi connectivity index (χ1) is 33.0. The summed E-state index contributed by atoms with van der Waals surface area (Å²) in [5, 5.41) is 7.29. The van der Waals surface area contributed by atoms with Gasteiger partial charge in [0, 0.05) is 60.8 Å². The van der Waals surface area contributed by atoms with Crippen molar-refractivity contribution in [3.63, 3.8) is 0 Å². The highest BCUT2D eigenvalue weighted by molar-refractivity contribution is 7.10. The van der Waals surface area contributed by atoms with E-state index in [4.69, 9.17) is 30.0 Å². The summed E-state index contributed by atoms with van der Waals surface area (Å²) < 4.78 is 13.9. The number of carbonyl (C=O) groups excluding carboxylic acids is 2. The number of rotatable bonds is 27. The van der Waals surface area contributed by atoms with Crippen molar-refractivity contribution in [3.8, 4) is 22.5 Å². The molecule has 5 unspecified atom stereocenters. The maximum atomic E-state index is 11.7. The summed E-state index contributed by atoms with van der Waals surface area (Å²) in [6.07, 6.45) is 20.5. The molecule has 0 saturated carbocycles. The molecule has 0 aliphatic carbocycles. The predicted octanol–water partition coefficient (Wildman–Crippen LogP) is 15.5. The zero-order valence-corrected chi connectivity index (χ0v) is 48.1. The van der Waals surface area contributed by atoms with Crippen molar-refractivity contribution in [2.45, 2.75) is 212 Å². The Morgan fingerprint density at radius 3 is 1.97 bits per heavy atom. The molecule has 4 aromatic rings. The third kappa shape index (κ3) is 24.1. The van der Waals surface area contributed by atoms with E-state index in [9.17, 15) is 4.79 Å². The van der Waals surface area contributed by atoms with E-state index < -0.39 is 6.04 Å². The normalized spacial score (nSPS) is 13.3. The van der Waals surface area contributed by atoms with Crippen LogP contribution in [0, 0.1) is 23.2 Å². The average Bonchev–Trinajstić information content (AvgIpc) is 3.94. The number of methoxy groups -OCH3 is 2. The number of Topliss-reactive ketones (excluding diaryl/α,β-unsaturated/α-hetero) is 1. The Hall–Kier alpha value is -3.28. The van der Waals surface area contributed by atoms with Crippen LogP contribution < -0.4 is 11.1 Å². The Morgan fingerprint density at radius 2 is 1.48 bits per heavy atom. The highest BCUT2D eigenvalue weighted by atomic mass is 32.1. The van der Waals surface area contributed by atoms with E-state index in [0.29, 0.717) is 13.0 Å². The lowest BCUT2D eigenvalue weighted by Gasteiger charge is -2.25. The number of thiazole rings is 1. The van der Waals surface area contributed by atoms with Crippen molar-refractivity contribution in [3.05, 3.63) is 57.7 Å². The van der Waals surface area contributed by atoms with Gasteiger partial charge in [-0.25, -0.2) is 4.98 Å². The van der Waals surface area contributed by atoms with Crippen LogP contribution in [0.5, 0.6) is 0 Å². The van der Waals surface area contributed by atoms with E-state index in [1.807, 2.05) is 20.0 Å². The van der Waals surface area contributed by atoms with Gasteiger partial charge in [-0.15, -0.1) is 11.3 Å². The second-order valence-corrected chi connectivity index (χ2v) is 21.0. The standard InChI is InChI=1S/C33H44N4O3S.C9H21N.C9H20.C7H16.CH2O/c1-9-22-13-25(31(35-17-22)21(4)40-8)32-26(16-33(5,6)19-39-7)24-14-23(11-12-29(24)37(32)10-2)28-18-41-30(36-28)15-27(34)20(3)38;1-4-9(2)7-5-6-8-10-3;1-4-6-7-8-9(3)5-2;1-4-6-7(3)5-2;1-2/h11-14,17-18,21,27H,9-10,15-16,19,34H2,1-8H3;9-10H,4-8H2,1-3H3;9H,4-8H2,1-3H3;7H,4-6H2,1-3H3;1H2. The number of nitrogens with one attached hydrogen (secondary N) is 1. The molecule has 10 heteroatoms. The van der Waals surface area contributed by atoms with Gasteiger partial charge in [-0.3, -0.25) is 9.78 Å². The number of nitrogens with zero attached hydrogens (tertiary/aromatic N) is 3. The van der Waals surface area contributed by atoms with E-state index in [0.717, 1.165) is 64.7 Å². The summed E-state index contributed by atoms with van der Waals surface area (Å²) in [5.41, 5.74) is 14.8. The monoisotopic (exact) mass is 978 g/mol. The molecule has 3 aromatic heterocycles. The molecular formula is C59H103N5O4S. The SMILES string of the molecule is C=O.CCC(C)CCCCNC.CCCC(C)CC.CCCCCC(C)CC.CCc1cnc(C(C)OC)c(-c2c(CC(C)(C)COC)c3cc(-c4csc(CC(N)C(C)=O)n4)ccc3n2CC)c1. The number of aromatic nitrogens is 3. The minimum atomic E-state index is -0.525. The van der Waals surface area contributed by atoms with Crippen LogP contribution in [0.2, 0.25) is 0 Å². The molecular weight excluding hydrogens is 875 g/mol. The molecule has 0 fully saturated rings. The van der Waals surface area contributed by atoms with Crippen molar-refractivity contribution >= 4 is 34.8 Å². The van der Waals surface area contributed by atoms with Gasteiger partial charge in [0.25, 0.3) is 0 Å². The topological polar surface area (TPSA) is 121 Å². The lowest BCUT2D eigenvalue weighted by atomic mass is 9.84. The first-order valence-electron chi connectivity index (χ1n) is 26.8. The summed E-state index contributed by atoms with van der Waals surface area (Å²) in [4.78, 5) is 29.5. The number of nitrogens with two attached hydrogens (primary N) is 1. The minimum Gasteiger partial charge on any atom is -0.384 e. The molecule has 0 bridgehead atoms. The second kappa shape index (κ2) is 37.5. The van der Waals surface area contributed by atoms with Crippen LogP contribution in [0.3, 0.4) is 0 Å². The van der Waals surface area contributed by atoms with Crippen molar-refractivity contribution < 1.29 is 19.1 Å². The van der Waals surface area contributed by atoms with Crippen molar-refractivity contribution in [1.82, 2.24) is 19.9 Å². The van der Waals surface area contributed by atoms with Crippen LogP contribution in [-0.2, 0) is 44.9 Å². The van der Waals surface area contributed by atoms with Crippen LogP contribution in [0.4, 0.5) is 0 Å². The van der Waals surface area contributed by atoms with Gasteiger partial charge in [-0.05, 0) is 106 Å². The van der Waals surface area contributed by atoms with Gasteiger partial charge in [0.15, 0.2) is 0 Å². The fourth-order valence-corrected chi connectivity index (χ4v) is 9.03. The van der Waals surface area contributed by atoms with E-state index in [1.54, 1.807) is 25.6 Å². The zero-order chi connectivity index (χ0) is 52.5. The summed E-state index contributed by atoms with van der Waals surface area (Å²) >= 11 is 1.55. The fourth-order valence-electron chi connectivity index (χ4n) is 8.17. The molecule has 69 heavy (non-hydrogen) atoms. The summed E-state index contributed by atoms with van der Waals surface area (Å²) in [6.45, 7) is 35.4. The average molecular weight is 979 g/mol. The van der Waals surface area contributed by atoms with Crippen molar-refractivity contribution in [2.24, 2.45) is 28.9 Å². The van der Waals surface area contributed by atoms with Gasteiger partial charge in [0.1, 0.15) is 12.6 Å². The Kier molecular flexibility index (Phi) is 35.7. The number of hydrogen-bond acceptors (Lipinski definition) is 9. The maximum absolute atomic E-state index is 11.7. The number of hydrogen-bond donors (Lipinski definition) is 2. The second-order valence-electron chi connectivity index (χ2n) is 20.1. The number of carbonyl (C=O) groups is 2. The first kappa shape index (κ1) is 65.7. The zero-order valence-electron chi connectivity index (χ0n) is 47.2. The molecule has 0 radical (unpaired) electrons. The van der Waals surface area contributed by atoms with Crippen molar-refractivity contribution in [2.75, 3.05) is 34.4 Å². The molecule has 3 N–H and O–H groups in total.